The first-order chi connectivity index (χ1) is 12.6. The number of rotatable bonds is 4. The van der Waals surface area contributed by atoms with E-state index in [2.05, 4.69) is 32.0 Å². The molecule has 0 aliphatic heterocycles. The first kappa shape index (κ1) is 17.8. The van der Waals surface area contributed by atoms with E-state index in [1.165, 1.54) is 40.0 Å². The predicted octanol–water partition coefficient (Wildman–Crippen LogP) is 5.27. The highest BCUT2D eigenvalue weighted by molar-refractivity contribution is 7.98. The number of benzene rings is 1. The summed E-state index contributed by atoms with van der Waals surface area (Å²) in [6, 6.07) is 6.55. The summed E-state index contributed by atoms with van der Waals surface area (Å²) in [5.41, 5.74) is 5.31. The number of aryl methyl sites for hydroxylation is 4. The van der Waals surface area contributed by atoms with Gasteiger partial charge in [-0.1, -0.05) is 35.5 Å². The standard InChI is InChI=1S/C21H24N2OS2/c1-4-23-20(24)18-16-7-5-6-8-17(16)26-19(18)22-21(23)25-12-15-11-13(2)9-10-14(15)3/h9-11H,4-8,12H2,1-3H3. The van der Waals surface area contributed by atoms with Crippen LogP contribution in [-0.2, 0) is 25.1 Å². The van der Waals surface area contributed by atoms with Gasteiger partial charge in [0, 0.05) is 17.2 Å². The Labute approximate surface area is 162 Å². The van der Waals surface area contributed by atoms with Gasteiger partial charge in [0.05, 0.1) is 5.39 Å². The van der Waals surface area contributed by atoms with Crippen LogP contribution in [0.25, 0.3) is 10.2 Å². The number of nitrogens with zero attached hydrogens (tertiary/aromatic N) is 2. The molecule has 2 aromatic heterocycles. The van der Waals surface area contributed by atoms with Crippen LogP contribution < -0.4 is 5.56 Å². The summed E-state index contributed by atoms with van der Waals surface area (Å²) in [7, 11) is 0. The molecule has 0 saturated carbocycles. The van der Waals surface area contributed by atoms with Gasteiger partial charge in [-0.15, -0.1) is 11.3 Å². The van der Waals surface area contributed by atoms with Crippen molar-refractivity contribution in [3.05, 3.63) is 55.7 Å². The third-order valence-corrected chi connectivity index (χ3v) is 7.43. The molecule has 1 aliphatic carbocycles. The molecule has 0 radical (unpaired) electrons. The average Bonchev–Trinajstić information content (AvgIpc) is 3.01. The zero-order chi connectivity index (χ0) is 18.3. The largest absolute Gasteiger partial charge is 0.287 e. The highest BCUT2D eigenvalue weighted by Gasteiger charge is 2.21. The number of aromatic nitrogens is 2. The SMILES string of the molecule is CCn1c(SCc2cc(C)ccc2C)nc2sc3c(c2c1=O)CCCC3. The second kappa shape index (κ2) is 7.20. The van der Waals surface area contributed by atoms with E-state index < -0.39 is 0 Å². The lowest BCUT2D eigenvalue weighted by molar-refractivity contribution is 0.633. The topological polar surface area (TPSA) is 34.9 Å². The van der Waals surface area contributed by atoms with Crippen LogP contribution in [0.4, 0.5) is 0 Å². The van der Waals surface area contributed by atoms with Gasteiger partial charge >= 0.3 is 0 Å². The summed E-state index contributed by atoms with van der Waals surface area (Å²) in [5, 5.41) is 1.74. The van der Waals surface area contributed by atoms with Gasteiger partial charge in [0.15, 0.2) is 5.16 Å². The van der Waals surface area contributed by atoms with Gasteiger partial charge < -0.3 is 0 Å². The minimum atomic E-state index is 0.153. The Balaban J connectivity index is 1.75. The number of fused-ring (bicyclic) bond motifs is 3. The number of thioether (sulfide) groups is 1. The van der Waals surface area contributed by atoms with Crippen LogP contribution in [0.5, 0.6) is 0 Å². The Morgan fingerprint density at radius 1 is 1.23 bits per heavy atom. The Morgan fingerprint density at radius 2 is 2.04 bits per heavy atom. The van der Waals surface area contributed by atoms with E-state index in [1.54, 1.807) is 23.1 Å². The highest BCUT2D eigenvalue weighted by Crippen LogP contribution is 2.35. The van der Waals surface area contributed by atoms with Crippen LogP contribution in [0.1, 0.15) is 46.9 Å². The fourth-order valence-electron chi connectivity index (χ4n) is 3.71. The maximum Gasteiger partial charge on any atom is 0.263 e. The molecule has 3 aromatic rings. The molecule has 4 rings (SSSR count). The summed E-state index contributed by atoms with van der Waals surface area (Å²) < 4.78 is 1.86. The molecule has 0 saturated heterocycles. The van der Waals surface area contributed by atoms with E-state index in [-0.39, 0.29) is 5.56 Å². The molecule has 0 fully saturated rings. The molecule has 2 heterocycles. The average molecular weight is 385 g/mol. The van der Waals surface area contributed by atoms with E-state index in [0.717, 1.165) is 34.0 Å². The van der Waals surface area contributed by atoms with Gasteiger partial charge in [0.25, 0.3) is 5.56 Å². The Bertz CT molecular complexity index is 1030. The van der Waals surface area contributed by atoms with Crippen molar-refractivity contribution in [2.75, 3.05) is 0 Å². The predicted molar refractivity (Wildman–Crippen MR) is 112 cm³/mol. The van der Waals surface area contributed by atoms with Gasteiger partial charge in [-0.25, -0.2) is 4.98 Å². The van der Waals surface area contributed by atoms with Crippen molar-refractivity contribution < 1.29 is 0 Å². The molecule has 0 bridgehead atoms. The van der Waals surface area contributed by atoms with E-state index >= 15 is 0 Å². The van der Waals surface area contributed by atoms with E-state index in [9.17, 15) is 4.79 Å². The van der Waals surface area contributed by atoms with Crippen LogP contribution >= 0.6 is 23.1 Å². The summed E-state index contributed by atoms with van der Waals surface area (Å²) in [6.07, 6.45) is 4.56. The zero-order valence-corrected chi connectivity index (χ0v) is 17.2. The fraction of sp³-hybridized carbons (Fsp3) is 0.429. The maximum absolute atomic E-state index is 13.2. The molecule has 26 heavy (non-hydrogen) atoms. The second-order valence-electron chi connectivity index (χ2n) is 7.05. The summed E-state index contributed by atoms with van der Waals surface area (Å²) >= 11 is 3.42. The first-order valence-electron chi connectivity index (χ1n) is 9.32. The van der Waals surface area contributed by atoms with Crippen molar-refractivity contribution in [1.82, 2.24) is 9.55 Å². The normalized spacial score (nSPS) is 14.0. The smallest absolute Gasteiger partial charge is 0.263 e. The lowest BCUT2D eigenvalue weighted by Gasteiger charge is -2.13. The summed E-state index contributed by atoms with van der Waals surface area (Å²) in [4.78, 5) is 20.4. The summed E-state index contributed by atoms with van der Waals surface area (Å²) in [5.74, 6) is 0.844. The molecule has 0 amide bonds. The van der Waals surface area contributed by atoms with Crippen molar-refractivity contribution in [2.24, 2.45) is 0 Å². The Kier molecular flexibility index (Phi) is 4.93. The number of hydrogen-bond acceptors (Lipinski definition) is 4. The van der Waals surface area contributed by atoms with E-state index in [1.807, 2.05) is 11.5 Å². The van der Waals surface area contributed by atoms with Crippen LogP contribution in [0, 0.1) is 13.8 Å². The Hall–Kier alpha value is -1.59. The fourth-order valence-corrected chi connectivity index (χ4v) is 6.14. The molecule has 1 aromatic carbocycles. The van der Waals surface area contributed by atoms with E-state index in [4.69, 9.17) is 4.98 Å². The molecular formula is C21H24N2OS2. The lowest BCUT2D eigenvalue weighted by atomic mass is 9.97. The van der Waals surface area contributed by atoms with Gasteiger partial charge in [-0.2, -0.15) is 0 Å². The van der Waals surface area contributed by atoms with Gasteiger partial charge in [-0.3, -0.25) is 9.36 Å². The third-order valence-electron chi connectivity index (χ3n) is 5.22. The second-order valence-corrected chi connectivity index (χ2v) is 9.08. The molecule has 0 unspecified atom stereocenters. The van der Waals surface area contributed by atoms with Crippen LogP contribution in [-0.4, -0.2) is 9.55 Å². The van der Waals surface area contributed by atoms with Crippen molar-refractivity contribution in [1.29, 1.82) is 0 Å². The van der Waals surface area contributed by atoms with Crippen LogP contribution in [0.15, 0.2) is 28.2 Å². The maximum atomic E-state index is 13.2. The monoisotopic (exact) mass is 384 g/mol. The lowest BCUT2D eigenvalue weighted by Crippen LogP contribution is -2.23. The van der Waals surface area contributed by atoms with Crippen LogP contribution in [0.2, 0.25) is 0 Å². The molecule has 0 spiro atoms. The van der Waals surface area contributed by atoms with Gasteiger partial charge in [0.1, 0.15) is 4.83 Å². The van der Waals surface area contributed by atoms with Crippen molar-refractivity contribution in [3.8, 4) is 0 Å². The van der Waals surface area contributed by atoms with Crippen molar-refractivity contribution in [3.63, 3.8) is 0 Å². The highest BCUT2D eigenvalue weighted by atomic mass is 32.2. The van der Waals surface area contributed by atoms with E-state index in [0.29, 0.717) is 6.54 Å². The minimum absolute atomic E-state index is 0.153. The Morgan fingerprint density at radius 3 is 2.85 bits per heavy atom. The van der Waals surface area contributed by atoms with Crippen molar-refractivity contribution in [2.45, 2.75) is 63.9 Å². The molecule has 0 N–H and O–H groups in total. The third kappa shape index (κ3) is 3.12. The quantitative estimate of drug-likeness (QED) is 0.454. The first-order valence-corrected chi connectivity index (χ1v) is 11.1. The van der Waals surface area contributed by atoms with Gasteiger partial charge in [-0.05, 0) is 63.1 Å². The number of thiophene rings is 1. The van der Waals surface area contributed by atoms with Crippen LogP contribution in [0.3, 0.4) is 0 Å². The molecule has 1 aliphatic rings. The summed E-state index contributed by atoms with van der Waals surface area (Å²) in [6.45, 7) is 6.97. The number of hydrogen-bond donors (Lipinski definition) is 0. The molecule has 3 nitrogen and oxygen atoms in total. The molecule has 136 valence electrons. The zero-order valence-electron chi connectivity index (χ0n) is 15.6. The minimum Gasteiger partial charge on any atom is -0.287 e. The molecular weight excluding hydrogens is 360 g/mol. The van der Waals surface area contributed by atoms with Gasteiger partial charge in [0.2, 0.25) is 0 Å². The molecule has 0 atom stereocenters. The molecule has 5 heteroatoms. The van der Waals surface area contributed by atoms with Crippen molar-refractivity contribution >= 4 is 33.3 Å².